The van der Waals surface area contributed by atoms with E-state index < -0.39 is 17.5 Å². The van der Waals surface area contributed by atoms with Crippen molar-refractivity contribution in [3.63, 3.8) is 0 Å². The fourth-order valence-electron chi connectivity index (χ4n) is 5.04. The minimum atomic E-state index is -1.24. The molecule has 0 aliphatic carbocycles. The highest BCUT2D eigenvalue weighted by molar-refractivity contribution is 6.35. The van der Waals surface area contributed by atoms with Gasteiger partial charge < -0.3 is 28.9 Å². The molecule has 2 aliphatic rings. The predicted molar refractivity (Wildman–Crippen MR) is 142 cm³/mol. The van der Waals surface area contributed by atoms with Crippen LogP contribution >= 0.6 is 23.2 Å². The zero-order valence-corrected chi connectivity index (χ0v) is 22.3. The second-order valence-corrected chi connectivity index (χ2v) is 10.6. The van der Waals surface area contributed by atoms with Crippen LogP contribution in [0.15, 0.2) is 61.2 Å². The van der Waals surface area contributed by atoms with Gasteiger partial charge in [-0.15, -0.1) is 0 Å². The monoisotopic (exact) mass is 544 g/mol. The molecule has 0 bridgehead atoms. The van der Waals surface area contributed by atoms with Gasteiger partial charge >= 0.3 is 0 Å². The van der Waals surface area contributed by atoms with Crippen molar-refractivity contribution in [2.45, 2.75) is 37.9 Å². The Morgan fingerprint density at radius 2 is 1.86 bits per heavy atom. The number of amides is 1. The number of ether oxygens (including phenoxy) is 2. The maximum absolute atomic E-state index is 11.6. The predicted octanol–water partition coefficient (Wildman–Crippen LogP) is 4.25. The zero-order valence-electron chi connectivity index (χ0n) is 20.8. The van der Waals surface area contributed by atoms with Gasteiger partial charge in [0.25, 0.3) is 0 Å². The average Bonchev–Trinajstić information content (AvgIpc) is 3.52. The second kappa shape index (κ2) is 10.3. The standard InChI is InChI=1S/C27H30Cl2N4O4/c1-19(34)32-11-13-33(14-12-32)22-6-3-20(4-7-22)25(35)26(2)17-36-27(37-26,16-31-10-9-30-18-31)23-8-5-21(28)15-24(23)29/h3-10,15,18,25,35H,11-14,16-17H2,1-2H3/t25?,26?,27-/m0/s1. The van der Waals surface area contributed by atoms with Crippen LogP contribution in [-0.2, 0) is 26.6 Å². The molecule has 2 aromatic carbocycles. The van der Waals surface area contributed by atoms with Crippen LogP contribution < -0.4 is 4.90 Å². The Morgan fingerprint density at radius 3 is 2.49 bits per heavy atom. The molecule has 196 valence electrons. The molecule has 3 aromatic rings. The number of carbonyl (C=O) groups is 1. The van der Waals surface area contributed by atoms with Gasteiger partial charge in [0.05, 0.1) is 24.5 Å². The summed E-state index contributed by atoms with van der Waals surface area (Å²) in [7, 11) is 0. The number of aliphatic hydroxyl groups excluding tert-OH is 1. The van der Waals surface area contributed by atoms with Crippen molar-refractivity contribution in [3.05, 3.63) is 82.4 Å². The highest BCUT2D eigenvalue weighted by Crippen LogP contribution is 2.48. The van der Waals surface area contributed by atoms with Gasteiger partial charge in [0.15, 0.2) is 0 Å². The van der Waals surface area contributed by atoms with Gasteiger partial charge in [-0.05, 0) is 36.8 Å². The summed E-state index contributed by atoms with van der Waals surface area (Å²) in [6, 6.07) is 13.0. The lowest BCUT2D eigenvalue weighted by molar-refractivity contribution is -0.218. The minimum absolute atomic E-state index is 0.106. The normalized spacial score (nSPS) is 24.9. The van der Waals surface area contributed by atoms with Crippen LogP contribution in [0.25, 0.3) is 0 Å². The van der Waals surface area contributed by atoms with E-state index in [4.69, 9.17) is 32.7 Å². The van der Waals surface area contributed by atoms with Crippen LogP contribution in [0.4, 0.5) is 5.69 Å². The molecule has 5 rings (SSSR count). The molecule has 2 saturated heterocycles. The fourth-order valence-corrected chi connectivity index (χ4v) is 5.60. The summed E-state index contributed by atoms with van der Waals surface area (Å²) >= 11 is 12.7. The van der Waals surface area contributed by atoms with Crippen molar-refractivity contribution < 1.29 is 19.4 Å². The number of aliphatic hydroxyl groups is 1. The number of piperazine rings is 1. The summed E-state index contributed by atoms with van der Waals surface area (Å²) in [6.07, 6.45) is 4.23. The Balaban J connectivity index is 1.36. The van der Waals surface area contributed by atoms with Crippen LogP contribution in [0.2, 0.25) is 10.0 Å². The van der Waals surface area contributed by atoms with E-state index >= 15 is 0 Å². The first kappa shape index (κ1) is 26.0. The number of benzene rings is 2. The molecular formula is C27H30Cl2N4O4. The van der Waals surface area contributed by atoms with Crippen molar-refractivity contribution >= 4 is 34.8 Å². The van der Waals surface area contributed by atoms with Crippen LogP contribution in [-0.4, -0.2) is 63.9 Å². The van der Waals surface area contributed by atoms with E-state index in [1.54, 1.807) is 37.6 Å². The van der Waals surface area contributed by atoms with E-state index in [1.165, 1.54) is 0 Å². The van der Waals surface area contributed by atoms with Gasteiger partial charge in [0, 0.05) is 61.8 Å². The quantitative estimate of drug-likeness (QED) is 0.499. The van der Waals surface area contributed by atoms with Crippen LogP contribution in [0.5, 0.6) is 0 Å². The molecular weight excluding hydrogens is 515 g/mol. The lowest BCUT2D eigenvalue weighted by atomic mass is 9.93. The van der Waals surface area contributed by atoms with Gasteiger partial charge in [0.1, 0.15) is 11.7 Å². The maximum atomic E-state index is 11.6. The van der Waals surface area contributed by atoms with Gasteiger partial charge in [-0.25, -0.2) is 4.98 Å². The van der Waals surface area contributed by atoms with Crippen molar-refractivity contribution in [2.75, 3.05) is 37.7 Å². The van der Waals surface area contributed by atoms with Crippen LogP contribution in [0.1, 0.15) is 31.1 Å². The molecule has 2 unspecified atom stereocenters. The molecule has 3 atom stereocenters. The zero-order chi connectivity index (χ0) is 26.2. The first-order valence-corrected chi connectivity index (χ1v) is 13.0. The molecule has 0 saturated carbocycles. The number of anilines is 1. The number of carbonyl (C=O) groups excluding carboxylic acids is 1. The summed E-state index contributed by atoms with van der Waals surface area (Å²) in [5.41, 5.74) is 1.36. The Kier molecular flexibility index (Phi) is 7.22. The third-order valence-electron chi connectivity index (χ3n) is 7.16. The summed E-state index contributed by atoms with van der Waals surface area (Å²) in [5, 5.41) is 12.4. The fraction of sp³-hybridized carbons (Fsp3) is 0.407. The van der Waals surface area contributed by atoms with Gasteiger partial charge in [-0.2, -0.15) is 0 Å². The number of hydrogen-bond donors (Lipinski definition) is 1. The van der Waals surface area contributed by atoms with Crippen molar-refractivity contribution in [1.29, 1.82) is 0 Å². The van der Waals surface area contributed by atoms with E-state index in [0.29, 0.717) is 35.2 Å². The van der Waals surface area contributed by atoms with E-state index in [0.717, 1.165) is 24.3 Å². The molecule has 1 amide bonds. The molecule has 1 N–H and O–H groups in total. The molecule has 3 heterocycles. The summed E-state index contributed by atoms with van der Waals surface area (Å²) in [4.78, 5) is 19.8. The first-order valence-electron chi connectivity index (χ1n) is 12.2. The summed E-state index contributed by atoms with van der Waals surface area (Å²) < 4.78 is 14.8. The van der Waals surface area contributed by atoms with E-state index in [-0.39, 0.29) is 12.5 Å². The summed E-state index contributed by atoms with van der Waals surface area (Å²) in [6.45, 7) is 6.84. The lowest BCUT2D eigenvalue weighted by Gasteiger charge is -2.36. The van der Waals surface area contributed by atoms with Crippen molar-refractivity contribution in [2.24, 2.45) is 0 Å². The van der Waals surface area contributed by atoms with Gasteiger partial charge in [-0.3, -0.25) is 4.79 Å². The SMILES string of the molecule is CC(=O)N1CCN(c2ccc(C(O)C3(C)CO[C@](Cn4ccnc4)(c4ccc(Cl)cc4Cl)O3)cc2)CC1. The van der Waals surface area contributed by atoms with E-state index in [1.807, 2.05) is 46.9 Å². The highest BCUT2D eigenvalue weighted by Gasteiger charge is 2.54. The molecule has 10 heteroatoms. The number of hydrogen-bond acceptors (Lipinski definition) is 6. The molecule has 1 aromatic heterocycles. The Bertz CT molecular complexity index is 1250. The second-order valence-electron chi connectivity index (χ2n) is 9.80. The third kappa shape index (κ3) is 5.22. The molecule has 0 spiro atoms. The van der Waals surface area contributed by atoms with Crippen LogP contribution in [0, 0.1) is 0 Å². The third-order valence-corrected chi connectivity index (χ3v) is 7.71. The Hall–Kier alpha value is -2.62. The lowest BCUT2D eigenvalue weighted by Crippen LogP contribution is -2.48. The number of imidazole rings is 1. The number of aromatic nitrogens is 2. The molecule has 8 nitrogen and oxygen atoms in total. The molecule has 2 aliphatic heterocycles. The number of nitrogens with zero attached hydrogens (tertiary/aromatic N) is 4. The Morgan fingerprint density at radius 1 is 1.14 bits per heavy atom. The molecule has 2 fully saturated rings. The van der Waals surface area contributed by atoms with E-state index in [2.05, 4.69) is 9.88 Å². The van der Waals surface area contributed by atoms with E-state index in [9.17, 15) is 9.90 Å². The largest absolute Gasteiger partial charge is 0.385 e. The molecule has 37 heavy (non-hydrogen) atoms. The van der Waals surface area contributed by atoms with Crippen molar-refractivity contribution in [1.82, 2.24) is 14.5 Å². The van der Waals surface area contributed by atoms with Gasteiger partial charge in [-0.1, -0.05) is 41.4 Å². The smallest absolute Gasteiger partial charge is 0.219 e. The minimum Gasteiger partial charge on any atom is -0.385 e. The highest BCUT2D eigenvalue weighted by atomic mass is 35.5. The topological polar surface area (TPSA) is 80.1 Å². The number of halogens is 2. The Labute approximate surface area is 226 Å². The van der Waals surface area contributed by atoms with Gasteiger partial charge in [0.2, 0.25) is 11.7 Å². The number of rotatable bonds is 6. The first-order chi connectivity index (χ1) is 17.7. The molecule has 0 radical (unpaired) electrons. The van der Waals surface area contributed by atoms with Crippen molar-refractivity contribution in [3.8, 4) is 0 Å². The maximum Gasteiger partial charge on any atom is 0.219 e. The van der Waals surface area contributed by atoms with Crippen LogP contribution in [0.3, 0.4) is 0 Å². The summed E-state index contributed by atoms with van der Waals surface area (Å²) in [5.74, 6) is -1.14. The average molecular weight is 545 g/mol.